The summed E-state index contributed by atoms with van der Waals surface area (Å²) < 4.78 is 3.50. The fourth-order valence-electron chi connectivity index (χ4n) is 3.45. The summed E-state index contributed by atoms with van der Waals surface area (Å²) in [4.78, 5) is 0. The molecular weight excluding hydrogens is 469 g/mol. The zero-order valence-corrected chi connectivity index (χ0v) is 18.6. The molecule has 1 aromatic heterocycles. The van der Waals surface area contributed by atoms with E-state index in [1.807, 2.05) is 47.6 Å². The molecule has 1 heterocycles. The Morgan fingerprint density at radius 2 is 1.34 bits per heavy atom. The Balaban J connectivity index is 1.72. The SMILES string of the molecule is Cc1cc(/C=N\N(c2ccccc2)c2ccccc2)c(C)n1-c1ccc(I)cc1. The van der Waals surface area contributed by atoms with E-state index >= 15 is 0 Å². The molecule has 0 aliphatic heterocycles. The highest BCUT2D eigenvalue weighted by molar-refractivity contribution is 14.1. The van der Waals surface area contributed by atoms with Crippen molar-refractivity contribution in [2.24, 2.45) is 5.10 Å². The number of benzene rings is 3. The lowest BCUT2D eigenvalue weighted by atomic mass is 10.2. The molecule has 0 unspecified atom stereocenters. The highest BCUT2D eigenvalue weighted by Crippen LogP contribution is 2.26. The minimum Gasteiger partial charge on any atom is -0.318 e. The first kappa shape index (κ1) is 19.5. The molecule has 3 aromatic carbocycles. The number of aryl methyl sites for hydroxylation is 1. The van der Waals surface area contributed by atoms with Gasteiger partial charge in [0.05, 0.1) is 17.6 Å². The lowest BCUT2D eigenvalue weighted by Gasteiger charge is -2.19. The molecule has 29 heavy (non-hydrogen) atoms. The number of para-hydroxylation sites is 2. The van der Waals surface area contributed by atoms with Crippen molar-refractivity contribution in [3.8, 4) is 5.69 Å². The van der Waals surface area contributed by atoms with Gasteiger partial charge >= 0.3 is 0 Å². The molecule has 0 saturated carbocycles. The highest BCUT2D eigenvalue weighted by atomic mass is 127. The smallest absolute Gasteiger partial charge is 0.0652 e. The van der Waals surface area contributed by atoms with Crippen molar-refractivity contribution in [2.45, 2.75) is 13.8 Å². The van der Waals surface area contributed by atoms with Crippen LogP contribution >= 0.6 is 22.6 Å². The number of aromatic nitrogens is 1. The van der Waals surface area contributed by atoms with Crippen molar-refractivity contribution in [2.75, 3.05) is 5.01 Å². The summed E-state index contributed by atoms with van der Waals surface area (Å²) in [6, 6.07) is 31.2. The first-order chi connectivity index (χ1) is 14.1. The van der Waals surface area contributed by atoms with E-state index in [-0.39, 0.29) is 0 Å². The van der Waals surface area contributed by atoms with Crippen LogP contribution in [0.15, 0.2) is 96.1 Å². The summed E-state index contributed by atoms with van der Waals surface area (Å²) in [5.41, 5.74) is 6.70. The molecule has 0 spiro atoms. The van der Waals surface area contributed by atoms with Crippen LogP contribution in [0, 0.1) is 17.4 Å². The first-order valence-corrected chi connectivity index (χ1v) is 10.6. The Morgan fingerprint density at radius 1 is 0.793 bits per heavy atom. The molecule has 0 saturated heterocycles. The Bertz CT molecular complexity index is 1070. The van der Waals surface area contributed by atoms with E-state index in [2.05, 4.69) is 95.6 Å². The van der Waals surface area contributed by atoms with Gasteiger partial charge in [-0.2, -0.15) is 5.10 Å². The average Bonchev–Trinajstić information content (AvgIpc) is 3.04. The molecule has 0 fully saturated rings. The molecule has 0 aliphatic carbocycles. The van der Waals surface area contributed by atoms with E-state index in [1.54, 1.807) is 0 Å². The minimum absolute atomic E-state index is 1.03. The summed E-state index contributed by atoms with van der Waals surface area (Å²) in [6.45, 7) is 4.27. The summed E-state index contributed by atoms with van der Waals surface area (Å²) in [5.74, 6) is 0. The third-order valence-electron chi connectivity index (χ3n) is 4.87. The van der Waals surface area contributed by atoms with Crippen LogP contribution < -0.4 is 5.01 Å². The lowest BCUT2D eigenvalue weighted by molar-refractivity contribution is 0.964. The summed E-state index contributed by atoms with van der Waals surface area (Å²) >= 11 is 2.33. The molecule has 0 bridgehead atoms. The zero-order valence-electron chi connectivity index (χ0n) is 16.5. The van der Waals surface area contributed by atoms with Gasteiger partial charge in [0, 0.05) is 26.2 Å². The minimum atomic E-state index is 1.03. The Morgan fingerprint density at radius 3 is 1.90 bits per heavy atom. The van der Waals surface area contributed by atoms with Crippen molar-refractivity contribution in [3.63, 3.8) is 0 Å². The maximum absolute atomic E-state index is 4.85. The molecule has 144 valence electrons. The van der Waals surface area contributed by atoms with Gasteiger partial charge in [-0.1, -0.05) is 36.4 Å². The lowest BCUT2D eigenvalue weighted by Crippen LogP contribution is -2.09. The van der Waals surface area contributed by atoms with Gasteiger partial charge in [0.2, 0.25) is 0 Å². The highest BCUT2D eigenvalue weighted by Gasteiger charge is 2.11. The van der Waals surface area contributed by atoms with E-state index in [4.69, 9.17) is 5.10 Å². The Kier molecular flexibility index (Phi) is 5.81. The predicted molar refractivity (Wildman–Crippen MR) is 131 cm³/mol. The summed E-state index contributed by atoms with van der Waals surface area (Å²) in [7, 11) is 0. The van der Waals surface area contributed by atoms with Gasteiger partial charge in [-0.25, -0.2) is 5.01 Å². The molecule has 4 heteroatoms. The number of hydrogen-bond acceptors (Lipinski definition) is 2. The molecular formula is C25H22IN3. The van der Waals surface area contributed by atoms with Gasteiger partial charge in [-0.3, -0.25) is 0 Å². The van der Waals surface area contributed by atoms with E-state index in [0.717, 1.165) is 16.9 Å². The molecule has 4 rings (SSSR count). The second-order valence-electron chi connectivity index (χ2n) is 6.87. The van der Waals surface area contributed by atoms with Crippen LogP contribution in [0.4, 0.5) is 11.4 Å². The van der Waals surface area contributed by atoms with Gasteiger partial charge in [-0.15, -0.1) is 0 Å². The van der Waals surface area contributed by atoms with Crippen molar-refractivity contribution in [3.05, 3.63) is 112 Å². The predicted octanol–water partition coefficient (Wildman–Crippen LogP) is 6.87. The van der Waals surface area contributed by atoms with Gasteiger partial charge in [0.15, 0.2) is 0 Å². The second-order valence-corrected chi connectivity index (χ2v) is 8.11. The largest absolute Gasteiger partial charge is 0.318 e. The maximum atomic E-state index is 4.85. The molecule has 0 radical (unpaired) electrons. The monoisotopic (exact) mass is 491 g/mol. The van der Waals surface area contributed by atoms with Crippen LogP contribution in [-0.4, -0.2) is 10.8 Å². The van der Waals surface area contributed by atoms with E-state index in [0.29, 0.717) is 0 Å². The number of nitrogens with zero attached hydrogens (tertiary/aromatic N) is 3. The van der Waals surface area contributed by atoms with Crippen LogP contribution in [-0.2, 0) is 0 Å². The van der Waals surface area contributed by atoms with E-state index < -0.39 is 0 Å². The zero-order chi connectivity index (χ0) is 20.2. The number of anilines is 2. The first-order valence-electron chi connectivity index (χ1n) is 9.52. The third-order valence-corrected chi connectivity index (χ3v) is 5.59. The van der Waals surface area contributed by atoms with Crippen molar-refractivity contribution < 1.29 is 0 Å². The van der Waals surface area contributed by atoms with Crippen LogP contribution in [0.1, 0.15) is 17.0 Å². The van der Waals surface area contributed by atoms with E-state index in [9.17, 15) is 0 Å². The van der Waals surface area contributed by atoms with Gasteiger partial charge in [-0.05, 0) is 91.0 Å². The topological polar surface area (TPSA) is 20.5 Å². The number of halogens is 1. The molecule has 0 atom stereocenters. The number of rotatable bonds is 5. The Labute approximate surface area is 185 Å². The van der Waals surface area contributed by atoms with Crippen LogP contribution in [0.2, 0.25) is 0 Å². The molecule has 3 nitrogen and oxygen atoms in total. The normalized spacial score (nSPS) is 11.1. The van der Waals surface area contributed by atoms with Crippen molar-refractivity contribution in [1.29, 1.82) is 0 Å². The number of hydrogen-bond donors (Lipinski definition) is 0. The summed E-state index contributed by atoms with van der Waals surface area (Å²) in [5, 5.41) is 6.82. The second kappa shape index (κ2) is 8.66. The molecule has 0 N–H and O–H groups in total. The van der Waals surface area contributed by atoms with E-state index in [1.165, 1.54) is 20.6 Å². The van der Waals surface area contributed by atoms with Gasteiger partial charge in [0.25, 0.3) is 0 Å². The molecule has 0 aliphatic rings. The van der Waals surface area contributed by atoms with Gasteiger partial charge in [0.1, 0.15) is 0 Å². The quantitative estimate of drug-likeness (QED) is 0.170. The van der Waals surface area contributed by atoms with Crippen LogP contribution in [0.3, 0.4) is 0 Å². The van der Waals surface area contributed by atoms with Crippen LogP contribution in [0.25, 0.3) is 5.69 Å². The standard InChI is InChI=1S/C25H22IN3/c1-19-17-21(20(2)28(19)23-15-13-22(26)14-16-23)18-27-29(24-9-5-3-6-10-24)25-11-7-4-8-12-25/h3-18H,1-2H3/b27-18-. The van der Waals surface area contributed by atoms with Crippen molar-refractivity contribution >= 4 is 40.2 Å². The molecule has 4 aromatic rings. The van der Waals surface area contributed by atoms with Crippen molar-refractivity contribution in [1.82, 2.24) is 4.57 Å². The van der Waals surface area contributed by atoms with Crippen LogP contribution in [0.5, 0.6) is 0 Å². The fourth-order valence-corrected chi connectivity index (χ4v) is 3.81. The average molecular weight is 491 g/mol. The molecule has 0 amide bonds. The van der Waals surface area contributed by atoms with Gasteiger partial charge < -0.3 is 4.57 Å². The number of hydrazone groups is 1. The Hall–Kier alpha value is -2.86. The summed E-state index contributed by atoms with van der Waals surface area (Å²) in [6.07, 6.45) is 1.95. The third kappa shape index (κ3) is 4.27. The fraction of sp³-hybridized carbons (Fsp3) is 0.0800. The maximum Gasteiger partial charge on any atom is 0.0652 e.